The van der Waals surface area contributed by atoms with Crippen LogP contribution in [0.1, 0.15) is 25.8 Å². The summed E-state index contributed by atoms with van der Waals surface area (Å²) in [4.78, 5) is 0. The van der Waals surface area contributed by atoms with Crippen LogP contribution in [0.4, 0.5) is 0 Å². The zero-order valence-corrected chi connectivity index (χ0v) is 15.3. The highest BCUT2D eigenvalue weighted by molar-refractivity contribution is 7.91. The van der Waals surface area contributed by atoms with E-state index in [1.165, 1.54) is 3.97 Å². The van der Waals surface area contributed by atoms with Gasteiger partial charge in [0.1, 0.15) is 4.75 Å². The Morgan fingerprint density at radius 1 is 1.17 bits per heavy atom. The highest BCUT2D eigenvalue weighted by Crippen LogP contribution is 2.36. The second kappa shape index (κ2) is 6.26. The van der Waals surface area contributed by atoms with E-state index < -0.39 is 14.8 Å². The smallest absolute Gasteiger partial charge is 0.247 e. The molecule has 24 heavy (non-hydrogen) atoms. The van der Waals surface area contributed by atoms with Crippen LogP contribution in [-0.4, -0.2) is 17.1 Å². The fourth-order valence-corrected chi connectivity index (χ4v) is 4.65. The Morgan fingerprint density at radius 2 is 1.79 bits per heavy atom. The van der Waals surface area contributed by atoms with Crippen LogP contribution >= 0.6 is 11.6 Å². The Hall–Kier alpha value is -1.78. The molecule has 0 bridgehead atoms. The molecular formula is C19H20ClNO2S. The molecule has 0 fully saturated rings. The molecule has 0 spiro atoms. The molecule has 0 N–H and O–H groups in total. The molecule has 0 saturated heterocycles. The van der Waals surface area contributed by atoms with Crippen LogP contribution in [-0.2, 0) is 16.4 Å². The second-order valence-electron chi connectivity index (χ2n) is 6.43. The third kappa shape index (κ3) is 3.08. The van der Waals surface area contributed by atoms with E-state index in [1.807, 2.05) is 43.3 Å². The number of hydrogen-bond acceptors (Lipinski definition) is 2. The molecule has 0 aliphatic heterocycles. The molecule has 2 aromatic rings. The molecule has 1 aliphatic rings. The Labute approximate surface area is 148 Å². The summed E-state index contributed by atoms with van der Waals surface area (Å²) in [7, 11) is -3.50. The highest BCUT2D eigenvalue weighted by Gasteiger charge is 2.40. The summed E-state index contributed by atoms with van der Waals surface area (Å²) in [6, 6.07) is 11.1. The Kier molecular flexibility index (Phi) is 4.45. The van der Waals surface area contributed by atoms with E-state index in [-0.39, 0.29) is 0 Å². The molecule has 5 heteroatoms. The monoisotopic (exact) mass is 361 g/mol. The van der Waals surface area contributed by atoms with Crippen molar-refractivity contribution in [2.75, 3.05) is 0 Å². The van der Waals surface area contributed by atoms with Crippen molar-refractivity contribution in [1.82, 2.24) is 3.97 Å². The van der Waals surface area contributed by atoms with Crippen molar-refractivity contribution in [3.05, 3.63) is 82.7 Å². The lowest BCUT2D eigenvalue weighted by atomic mass is 9.87. The van der Waals surface area contributed by atoms with Gasteiger partial charge in [-0.1, -0.05) is 47.0 Å². The van der Waals surface area contributed by atoms with Crippen molar-refractivity contribution < 1.29 is 8.42 Å². The van der Waals surface area contributed by atoms with Crippen LogP contribution in [0.25, 0.3) is 0 Å². The molecule has 1 aromatic heterocycles. The minimum atomic E-state index is -3.50. The molecule has 1 aliphatic carbocycles. The molecule has 126 valence electrons. The summed E-state index contributed by atoms with van der Waals surface area (Å²) in [6.45, 7) is 3.82. The quantitative estimate of drug-likeness (QED) is 0.798. The number of nitrogens with zero attached hydrogens (tertiary/aromatic N) is 1. The third-order valence-corrected chi connectivity index (χ3v) is 7.09. The van der Waals surface area contributed by atoms with Crippen molar-refractivity contribution in [3.63, 3.8) is 0 Å². The molecule has 0 saturated carbocycles. The summed E-state index contributed by atoms with van der Waals surface area (Å²) in [5, 5.41) is 0.702. The molecule has 0 radical (unpaired) electrons. The van der Waals surface area contributed by atoms with Crippen LogP contribution in [0.5, 0.6) is 0 Å². The first-order chi connectivity index (χ1) is 11.3. The molecule has 0 amide bonds. The van der Waals surface area contributed by atoms with Gasteiger partial charge in [-0.05, 0) is 56.5 Å². The standard InChI is InChI=1S/C19H20ClNO2S/c1-15-9-10-19(2,24(22,23)21-11-3-4-12-21)14-17(15)13-16-5-7-18(20)8-6-16/h3-12H,13-14H2,1-2H3. The maximum absolute atomic E-state index is 13.0. The summed E-state index contributed by atoms with van der Waals surface area (Å²) in [5.41, 5.74) is 3.40. The third-order valence-electron chi connectivity index (χ3n) is 4.58. The second-order valence-corrected chi connectivity index (χ2v) is 9.17. The fourth-order valence-electron chi connectivity index (χ4n) is 2.99. The lowest BCUT2D eigenvalue weighted by molar-refractivity contribution is 0.547. The number of halogens is 1. The predicted octanol–water partition coefficient (Wildman–Crippen LogP) is 4.60. The molecule has 1 aromatic carbocycles. The van der Waals surface area contributed by atoms with E-state index in [1.54, 1.807) is 31.5 Å². The van der Waals surface area contributed by atoms with Gasteiger partial charge in [-0.15, -0.1) is 0 Å². The highest BCUT2D eigenvalue weighted by atomic mass is 35.5. The SMILES string of the molecule is CC1=C(Cc2ccc(Cl)cc2)CC(C)(S(=O)(=O)n2cccc2)C=C1. The van der Waals surface area contributed by atoms with Crippen molar-refractivity contribution in [2.45, 2.75) is 31.4 Å². The molecule has 1 atom stereocenters. The molecule has 1 unspecified atom stereocenters. The Morgan fingerprint density at radius 3 is 2.42 bits per heavy atom. The van der Waals surface area contributed by atoms with E-state index >= 15 is 0 Å². The number of hydrogen-bond donors (Lipinski definition) is 0. The number of rotatable bonds is 4. The van der Waals surface area contributed by atoms with Gasteiger partial charge in [-0.2, -0.15) is 0 Å². The predicted molar refractivity (Wildman–Crippen MR) is 98.8 cm³/mol. The van der Waals surface area contributed by atoms with E-state index in [0.29, 0.717) is 11.4 Å². The lowest BCUT2D eigenvalue weighted by Crippen LogP contribution is -2.39. The number of aromatic nitrogens is 1. The van der Waals surface area contributed by atoms with Crippen LogP contribution in [0.15, 0.2) is 72.1 Å². The zero-order valence-electron chi connectivity index (χ0n) is 13.7. The first kappa shape index (κ1) is 17.1. The Bertz CT molecular complexity index is 893. The summed E-state index contributed by atoms with van der Waals surface area (Å²) in [5.74, 6) is 0. The average Bonchev–Trinajstić information content (AvgIpc) is 3.08. The Balaban J connectivity index is 1.90. The summed E-state index contributed by atoms with van der Waals surface area (Å²) in [6.07, 6.45) is 8.11. The van der Waals surface area contributed by atoms with Gasteiger partial charge in [0, 0.05) is 17.4 Å². The maximum atomic E-state index is 13.0. The van der Waals surface area contributed by atoms with Crippen molar-refractivity contribution in [3.8, 4) is 0 Å². The van der Waals surface area contributed by atoms with Gasteiger partial charge >= 0.3 is 0 Å². The molecule has 1 heterocycles. The summed E-state index contributed by atoms with van der Waals surface area (Å²) < 4.78 is 26.3. The lowest BCUT2D eigenvalue weighted by Gasteiger charge is -2.31. The number of allylic oxidation sites excluding steroid dienone is 3. The topological polar surface area (TPSA) is 39.1 Å². The van der Waals surface area contributed by atoms with Gasteiger partial charge in [0.15, 0.2) is 0 Å². The van der Waals surface area contributed by atoms with E-state index in [9.17, 15) is 8.42 Å². The van der Waals surface area contributed by atoms with Crippen LogP contribution < -0.4 is 0 Å². The van der Waals surface area contributed by atoms with Crippen molar-refractivity contribution in [2.24, 2.45) is 0 Å². The normalized spacial score (nSPS) is 21.3. The fraction of sp³-hybridized carbons (Fsp3) is 0.263. The summed E-state index contributed by atoms with van der Waals surface area (Å²) >= 11 is 5.94. The van der Waals surface area contributed by atoms with Gasteiger partial charge in [-0.3, -0.25) is 3.97 Å². The van der Waals surface area contributed by atoms with E-state index in [2.05, 4.69) is 0 Å². The molecule has 3 nitrogen and oxygen atoms in total. The van der Waals surface area contributed by atoms with Crippen LogP contribution in [0.2, 0.25) is 5.02 Å². The number of benzene rings is 1. The van der Waals surface area contributed by atoms with Gasteiger partial charge in [0.05, 0.1) is 0 Å². The van der Waals surface area contributed by atoms with Crippen molar-refractivity contribution >= 4 is 21.6 Å². The maximum Gasteiger partial charge on any atom is 0.247 e. The van der Waals surface area contributed by atoms with E-state index in [0.717, 1.165) is 23.1 Å². The van der Waals surface area contributed by atoms with Crippen LogP contribution in [0, 0.1) is 0 Å². The first-order valence-corrected chi connectivity index (χ1v) is 9.64. The minimum absolute atomic E-state index is 0.485. The first-order valence-electron chi connectivity index (χ1n) is 7.82. The van der Waals surface area contributed by atoms with Crippen LogP contribution in [0.3, 0.4) is 0 Å². The minimum Gasteiger partial charge on any atom is -0.252 e. The molecular weight excluding hydrogens is 342 g/mol. The van der Waals surface area contributed by atoms with Gasteiger partial charge in [-0.25, -0.2) is 8.42 Å². The largest absolute Gasteiger partial charge is 0.252 e. The molecule has 3 rings (SSSR count). The van der Waals surface area contributed by atoms with Gasteiger partial charge in [0.25, 0.3) is 0 Å². The van der Waals surface area contributed by atoms with Gasteiger partial charge < -0.3 is 0 Å². The average molecular weight is 362 g/mol. The van der Waals surface area contributed by atoms with Crippen molar-refractivity contribution in [1.29, 1.82) is 0 Å². The van der Waals surface area contributed by atoms with Gasteiger partial charge in [0.2, 0.25) is 10.0 Å². The van der Waals surface area contributed by atoms with E-state index in [4.69, 9.17) is 11.6 Å². The zero-order chi connectivity index (χ0) is 17.4.